The highest BCUT2D eigenvalue weighted by atomic mass is 16.2. The highest BCUT2D eigenvalue weighted by Gasteiger charge is 2.62. The van der Waals surface area contributed by atoms with E-state index >= 15 is 0 Å². The van der Waals surface area contributed by atoms with E-state index in [0.29, 0.717) is 36.1 Å². The normalized spacial score (nSPS) is 44.3. The number of rotatable bonds is 2. The quantitative estimate of drug-likeness (QED) is 0.715. The van der Waals surface area contributed by atoms with Crippen LogP contribution in [0.5, 0.6) is 0 Å². The molecule has 1 saturated heterocycles. The van der Waals surface area contributed by atoms with E-state index in [9.17, 15) is 9.59 Å². The van der Waals surface area contributed by atoms with E-state index in [1.54, 1.807) is 0 Å². The van der Waals surface area contributed by atoms with Crippen LogP contribution in [0.15, 0.2) is 0 Å². The van der Waals surface area contributed by atoms with Gasteiger partial charge in [0.05, 0.1) is 5.54 Å². The Hall–Kier alpha value is -1.50. The molecule has 0 aromatic rings. The van der Waals surface area contributed by atoms with Crippen molar-refractivity contribution in [1.29, 1.82) is 0 Å². The third-order valence-electron chi connectivity index (χ3n) is 9.67. The Morgan fingerprint density at radius 1 is 1.10 bits per heavy atom. The number of carbonyl (C=O) groups excluding carboxylic acids is 2. The minimum atomic E-state index is -0.590. The first kappa shape index (κ1) is 20.8. The molecule has 0 aromatic carbocycles. The number of nitrogens with zero attached hydrogens (tertiary/aromatic N) is 1. The number of hydrogen-bond acceptors (Lipinski definition) is 2. The molecule has 160 valence electrons. The predicted molar refractivity (Wildman–Crippen MR) is 115 cm³/mol. The molecule has 0 unspecified atom stereocenters. The molecule has 4 aliphatic rings. The monoisotopic (exact) mass is 398 g/mol. The van der Waals surface area contributed by atoms with Crippen LogP contribution in [0.2, 0.25) is 0 Å². The summed E-state index contributed by atoms with van der Waals surface area (Å²) in [6.45, 7) is 8.63. The molecule has 4 heteroatoms. The molecule has 0 bridgehead atoms. The first-order valence-electron chi connectivity index (χ1n) is 11.6. The SMILES string of the molecule is C#CC(C)(C)NC(=O)[C@H]1CC[C@H]2[C@@H]3CC[C@H]4N(C)C(=O)CC[C@]4(C)[C@H]3CC[C@]12C. The van der Waals surface area contributed by atoms with Crippen LogP contribution >= 0.6 is 0 Å². The summed E-state index contributed by atoms with van der Waals surface area (Å²) in [5, 5.41) is 3.12. The Bertz CT molecular complexity index is 752. The zero-order chi connectivity index (χ0) is 21.2. The molecule has 1 heterocycles. The van der Waals surface area contributed by atoms with Gasteiger partial charge in [0.15, 0.2) is 0 Å². The van der Waals surface area contributed by atoms with Crippen molar-refractivity contribution in [3.63, 3.8) is 0 Å². The lowest BCUT2D eigenvalue weighted by molar-refractivity contribution is -0.159. The topological polar surface area (TPSA) is 49.4 Å². The fourth-order valence-electron chi connectivity index (χ4n) is 8.01. The third-order valence-corrected chi connectivity index (χ3v) is 9.67. The zero-order valence-corrected chi connectivity index (χ0v) is 18.9. The molecule has 0 radical (unpaired) electrons. The van der Waals surface area contributed by atoms with E-state index in [1.807, 2.05) is 20.9 Å². The number of fused-ring (bicyclic) bond motifs is 5. The molecule has 1 aliphatic heterocycles. The lowest BCUT2D eigenvalue weighted by Crippen LogP contribution is -2.61. The summed E-state index contributed by atoms with van der Waals surface area (Å²) in [7, 11) is 2.01. The number of likely N-dealkylation sites (tertiary alicyclic amines) is 1. The maximum atomic E-state index is 13.2. The van der Waals surface area contributed by atoms with Crippen molar-refractivity contribution in [2.75, 3.05) is 7.05 Å². The van der Waals surface area contributed by atoms with E-state index in [-0.39, 0.29) is 22.7 Å². The third kappa shape index (κ3) is 3.03. The lowest BCUT2D eigenvalue weighted by Gasteiger charge is -2.61. The van der Waals surface area contributed by atoms with Crippen LogP contribution in [0.1, 0.15) is 79.1 Å². The maximum absolute atomic E-state index is 13.2. The van der Waals surface area contributed by atoms with Gasteiger partial charge in [-0.3, -0.25) is 9.59 Å². The molecule has 0 spiro atoms. The van der Waals surface area contributed by atoms with Crippen LogP contribution < -0.4 is 5.32 Å². The van der Waals surface area contributed by atoms with Gasteiger partial charge in [0.2, 0.25) is 11.8 Å². The lowest BCUT2D eigenvalue weighted by atomic mass is 9.47. The molecule has 1 N–H and O–H groups in total. The van der Waals surface area contributed by atoms with Crippen LogP contribution in [-0.2, 0) is 9.59 Å². The van der Waals surface area contributed by atoms with Gasteiger partial charge in [0, 0.05) is 25.4 Å². The minimum Gasteiger partial charge on any atom is -0.342 e. The zero-order valence-electron chi connectivity index (χ0n) is 18.9. The van der Waals surface area contributed by atoms with Crippen molar-refractivity contribution in [2.24, 2.45) is 34.5 Å². The maximum Gasteiger partial charge on any atom is 0.224 e. The average Bonchev–Trinajstić information content (AvgIpc) is 3.02. The summed E-state index contributed by atoms with van der Waals surface area (Å²) in [6, 6.07) is 0.395. The van der Waals surface area contributed by atoms with Crippen molar-refractivity contribution in [3.05, 3.63) is 0 Å². The van der Waals surface area contributed by atoms with Crippen molar-refractivity contribution in [3.8, 4) is 12.3 Å². The number of piperidine rings is 1. The average molecular weight is 399 g/mol. The second-order valence-corrected chi connectivity index (χ2v) is 11.4. The van der Waals surface area contributed by atoms with Crippen LogP contribution in [0.3, 0.4) is 0 Å². The molecule has 2 amide bonds. The summed E-state index contributed by atoms with van der Waals surface area (Å²) in [5.74, 6) is 5.24. The molecule has 3 aliphatic carbocycles. The largest absolute Gasteiger partial charge is 0.342 e. The second-order valence-electron chi connectivity index (χ2n) is 11.4. The summed E-state index contributed by atoms with van der Waals surface area (Å²) in [4.78, 5) is 27.5. The van der Waals surface area contributed by atoms with E-state index in [1.165, 1.54) is 12.8 Å². The summed E-state index contributed by atoms with van der Waals surface area (Å²) < 4.78 is 0. The Labute approximate surface area is 176 Å². The minimum absolute atomic E-state index is 0.0715. The van der Waals surface area contributed by atoms with Crippen LogP contribution in [0, 0.1) is 46.8 Å². The number of carbonyl (C=O) groups is 2. The summed E-state index contributed by atoms with van der Waals surface area (Å²) in [5.41, 5.74) is -0.276. The van der Waals surface area contributed by atoms with Gasteiger partial charge in [-0.2, -0.15) is 0 Å². The van der Waals surface area contributed by atoms with Gasteiger partial charge in [0.1, 0.15) is 0 Å². The molecular formula is C25H38N2O2. The van der Waals surface area contributed by atoms with Crippen molar-refractivity contribution in [2.45, 2.75) is 90.6 Å². The van der Waals surface area contributed by atoms with Gasteiger partial charge in [0.25, 0.3) is 0 Å². The Morgan fingerprint density at radius 3 is 2.48 bits per heavy atom. The van der Waals surface area contributed by atoms with Crippen LogP contribution in [0.4, 0.5) is 0 Å². The van der Waals surface area contributed by atoms with E-state index in [4.69, 9.17) is 6.42 Å². The van der Waals surface area contributed by atoms with E-state index in [0.717, 1.165) is 32.1 Å². The summed E-state index contributed by atoms with van der Waals surface area (Å²) >= 11 is 0. The first-order chi connectivity index (χ1) is 13.5. The number of amides is 2. The summed E-state index contributed by atoms with van der Waals surface area (Å²) in [6.07, 6.45) is 14.1. The Morgan fingerprint density at radius 2 is 1.79 bits per heavy atom. The van der Waals surface area contributed by atoms with E-state index in [2.05, 4.69) is 30.0 Å². The molecule has 0 aromatic heterocycles. The standard InChI is InChI=1S/C25H38N2O2/c1-7-23(2,3)26-22(29)19-10-9-17-16-8-11-20-25(5,15-13-21(28)27(20)6)18(16)12-14-24(17,19)4/h1,16-20H,8-15H2,2-6H3,(H,26,29)/t16-,17-,18-,19+,20+,24-,25+/m0/s1. The highest BCUT2D eigenvalue weighted by molar-refractivity contribution is 5.81. The molecule has 7 atom stereocenters. The predicted octanol–water partition coefficient (Wildman–Crippen LogP) is 3.99. The molecular weight excluding hydrogens is 360 g/mol. The molecule has 3 saturated carbocycles. The van der Waals surface area contributed by atoms with Crippen LogP contribution in [-0.4, -0.2) is 35.3 Å². The van der Waals surface area contributed by atoms with Crippen molar-refractivity contribution in [1.82, 2.24) is 10.2 Å². The van der Waals surface area contributed by atoms with Crippen molar-refractivity contribution < 1.29 is 9.59 Å². The van der Waals surface area contributed by atoms with Gasteiger partial charge in [-0.05, 0) is 87.4 Å². The number of terminal acetylenes is 1. The fraction of sp³-hybridized carbons (Fsp3) is 0.840. The highest BCUT2D eigenvalue weighted by Crippen LogP contribution is 2.66. The van der Waals surface area contributed by atoms with Crippen LogP contribution in [0.25, 0.3) is 0 Å². The molecule has 4 nitrogen and oxygen atoms in total. The van der Waals surface area contributed by atoms with Gasteiger partial charge in [-0.25, -0.2) is 0 Å². The first-order valence-corrected chi connectivity index (χ1v) is 11.6. The molecule has 4 fully saturated rings. The Kier molecular flexibility index (Phi) is 4.84. The van der Waals surface area contributed by atoms with Gasteiger partial charge < -0.3 is 10.2 Å². The van der Waals surface area contributed by atoms with Gasteiger partial charge >= 0.3 is 0 Å². The number of hydrogen-bond donors (Lipinski definition) is 1. The second kappa shape index (κ2) is 6.76. The molecule has 29 heavy (non-hydrogen) atoms. The van der Waals surface area contributed by atoms with E-state index < -0.39 is 5.54 Å². The Balaban J connectivity index is 1.56. The smallest absolute Gasteiger partial charge is 0.224 e. The van der Waals surface area contributed by atoms with Gasteiger partial charge in [-0.1, -0.05) is 19.8 Å². The fourth-order valence-corrected chi connectivity index (χ4v) is 8.01. The van der Waals surface area contributed by atoms with Crippen molar-refractivity contribution >= 4 is 11.8 Å². The number of nitrogens with one attached hydrogen (secondary N) is 1. The van der Waals surface area contributed by atoms with Gasteiger partial charge in [-0.15, -0.1) is 6.42 Å². The molecule has 4 rings (SSSR count).